The third kappa shape index (κ3) is 2.55. The number of H-pyrrole nitrogens is 1. The van der Waals surface area contributed by atoms with E-state index in [2.05, 4.69) is 16.4 Å². The van der Waals surface area contributed by atoms with Crippen molar-refractivity contribution in [2.24, 2.45) is 0 Å². The van der Waals surface area contributed by atoms with Gasteiger partial charge in [-0.25, -0.2) is 0 Å². The van der Waals surface area contributed by atoms with Crippen LogP contribution in [0.5, 0.6) is 5.75 Å². The number of fused-ring (bicyclic) bond motifs is 1. The van der Waals surface area contributed by atoms with Gasteiger partial charge in [0.25, 0.3) is 5.91 Å². The van der Waals surface area contributed by atoms with E-state index in [1.54, 1.807) is 13.2 Å². The van der Waals surface area contributed by atoms with Gasteiger partial charge in [0, 0.05) is 22.7 Å². The van der Waals surface area contributed by atoms with Gasteiger partial charge in [-0.15, -0.1) is 0 Å². The smallest absolute Gasteiger partial charge is 0.272 e. The lowest BCUT2D eigenvalue weighted by Gasteiger charge is -2.06. The van der Waals surface area contributed by atoms with Gasteiger partial charge in [-0.2, -0.15) is 0 Å². The number of anilines is 1. The molecule has 0 saturated carbocycles. The number of aromatic nitrogens is 1. The first-order valence-electron chi connectivity index (χ1n) is 7.13. The third-order valence-corrected chi connectivity index (χ3v) is 3.77. The number of aryl methyl sites for hydroxylation is 2. The summed E-state index contributed by atoms with van der Waals surface area (Å²) >= 11 is 0. The van der Waals surface area contributed by atoms with E-state index in [1.807, 2.05) is 44.2 Å². The summed E-state index contributed by atoms with van der Waals surface area (Å²) in [6.07, 6.45) is 0. The van der Waals surface area contributed by atoms with Gasteiger partial charge in [0.15, 0.2) is 0 Å². The van der Waals surface area contributed by atoms with Crippen molar-refractivity contribution >= 4 is 22.5 Å². The average molecular weight is 294 g/mol. The van der Waals surface area contributed by atoms with Gasteiger partial charge in [-0.1, -0.05) is 17.7 Å². The zero-order chi connectivity index (χ0) is 15.7. The van der Waals surface area contributed by atoms with Crippen molar-refractivity contribution in [3.05, 3.63) is 59.3 Å². The molecule has 0 unspecified atom stereocenters. The van der Waals surface area contributed by atoms with Crippen molar-refractivity contribution in [1.82, 2.24) is 4.98 Å². The van der Waals surface area contributed by atoms with Crippen LogP contribution in [0.25, 0.3) is 10.9 Å². The number of carbonyl (C=O) groups is 1. The molecule has 0 radical (unpaired) electrons. The molecule has 1 heterocycles. The van der Waals surface area contributed by atoms with Gasteiger partial charge in [0.05, 0.1) is 7.11 Å². The van der Waals surface area contributed by atoms with Crippen LogP contribution in [0.15, 0.2) is 42.5 Å². The minimum Gasteiger partial charge on any atom is -0.497 e. The molecule has 4 nitrogen and oxygen atoms in total. The quantitative estimate of drug-likeness (QED) is 0.765. The van der Waals surface area contributed by atoms with Crippen LogP contribution in [-0.2, 0) is 0 Å². The van der Waals surface area contributed by atoms with E-state index in [4.69, 9.17) is 4.74 Å². The van der Waals surface area contributed by atoms with Gasteiger partial charge in [0.2, 0.25) is 0 Å². The minimum absolute atomic E-state index is 0.153. The first kappa shape index (κ1) is 14.2. The average Bonchev–Trinajstić information content (AvgIpc) is 2.84. The van der Waals surface area contributed by atoms with E-state index >= 15 is 0 Å². The SMILES string of the molecule is COc1cccc(NC(=O)c2[nH]c3ccc(C)cc3c2C)c1. The Balaban J connectivity index is 1.93. The lowest BCUT2D eigenvalue weighted by atomic mass is 10.1. The van der Waals surface area contributed by atoms with E-state index in [1.165, 1.54) is 5.56 Å². The van der Waals surface area contributed by atoms with Gasteiger partial charge in [-0.3, -0.25) is 4.79 Å². The molecule has 0 aliphatic rings. The second-order valence-electron chi connectivity index (χ2n) is 5.36. The number of benzene rings is 2. The molecule has 1 amide bonds. The number of aromatic amines is 1. The summed E-state index contributed by atoms with van der Waals surface area (Å²) in [5.74, 6) is 0.557. The molecule has 0 aliphatic carbocycles. The van der Waals surface area contributed by atoms with Crippen molar-refractivity contribution in [2.45, 2.75) is 13.8 Å². The van der Waals surface area contributed by atoms with Crippen LogP contribution in [0.1, 0.15) is 21.6 Å². The summed E-state index contributed by atoms with van der Waals surface area (Å²) < 4.78 is 5.17. The highest BCUT2D eigenvalue weighted by molar-refractivity contribution is 6.07. The lowest BCUT2D eigenvalue weighted by molar-refractivity contribution is 0.102. The zero-order valence-corrected chi connectivity index (χ0v) is 12.9. The Morgan fingerprint density at radius 1 is 1.14 bits per heavy atom. The zero-order valence-electron chi connectivity index (χ0n) is 12.9. The Kier molecular flexibility index (Phi) is 3.59. The predicted octanol–water partition coefficient (Wildman–Crippen LogP) is 4.05. The second-order valence-corrected chi connectivity index (χ2v) is 5.36. The molecular weight excluding hydrogens is 276 g/mol. The third-order valence-electron chi connectivity index (χ3n) is 3.77. The first-order valence-corrected chi connectivity index (χ1v) is 7.13. The Morgan fingerprint density at radius 2 is 1.95 bits per heavy atom. The highest BCUT2D eigenvalue weighted by Crippen LogP contribution is 2.24. The lowest BCUT2D eigenvalue weighted by Crippen LogP contribution is -2.13. The summed E-state index contributed by atoms with van der Waals surface area (Å²) in [6.45, 7) is 4.00. The molecule has 4 heteroatoms. The fourth-order valence-electron chi connectivity index (χ4n) is 2.56. The second kappa shape index (κ2) is 5.56. The van der Waals surface area contributed by atoms with Crippen molar-refractivity contribution in [1.29, 1.82) is 0 Å². The summed E-state index contributed by atoms with van der Waals surface area (Å²) in [5.41, 5.74) is 4.40. The Labute approximate surface area is 129 Å². The van der Waals surface area contributed by atoms with Crippen LogP contribution in [-0.4, -0.2) is 18.0 Å². The van der Waals surface area contributed by atoms with Crippen LogP contribution >= 0.6 is 0 Å². The summed E-state index contributed by atoms with van der Waals surface area (Å²) in [6, 6.07) is 13.4. The van der Waals surface area contributed by atoms with E-state index in [0.29, 0.717) is 17.1 Å². The monoisotopic (exact) mass is 294 g/mol. The van der Waals surface area contributed by atoms with E-state index < -0.39 is 0 Å². The highest BCUT2D eigenvalue weighted by Gasteiger charge is 2.15. The maximum absolute atomic E-state index is 12.5. The summed E-state index contributed by atoms with van der Waals surface area (Å²) in [5, 5.41) is 3.98. The van der Waals surface area contributed by atoms with Crippen molar-refractivity contribution in [2.75, 3.05) is 12.4 Å². The van der Waals surface area contributed by atoms with Gasteiger partial charge < -0.3 is 15.0 Å². The Hall–Kier alpha value is -2.75. The molecule has 3 aromatic rings. The molecule has 2 N–H and O–H groups in total. The minimum atomic E-state index is -0.153. The molecule has 22 heavy (non-hydrogen) atoms. The molecule has 0 aliphatic heterocycles. The first-order chi connectivity index (χ1) is 10.6. The van der Waals surface area contributed by atoms with Crippen LogP contribution in [0.3, 0.4) is 0 Å². The van der Waals surface area contributed by atoms with E-state index in [0.717, 1.165) is 16.5 Å². The fraction of sp³-hybridized carbons (Fsp3) is 0.167. The Bertz CT molecular complexity index is 849. The maximum Gasteiger partial charge on any atom is 0.272 e. The number of ether oxygens (including phenoxy) is 1. The summed E-state index contributed by atoms with van der Waals surface area (Å²) in [4.78, 5) is 15.7. The summed E-state index contributed by atoms with van der Waals surface area (Å²) in [7, 11) is 1.60. The van der Waals surface area contributed by atoms with Crippen LogP contribution < -0.4 is 10.1 Å². The number of methoxy groups -OCH3 is 1. The molecule has 3 rings (SSSR count). The van der Waals surface area contributed by atoms with Crippen LogP contribution in [0.2, 0.25) is 0 Å². The number of carbonyl (C=O) groups excluding carboxylic acids is 1. The van der Waals surface area contributed by atoms with Crippen molar-refractivity contribution < 1.29 is 9.53 Å². The topological polar surface area (TPSA) is 54.1 Å². The van der Waals surface area contributed by atoms with Gasteiger partial charge >= 0.3 is 0 Å². The van der Waals surface area contributed by atoms with Crippen LogP contribution in [0.4, 0.5) is 5.69 Å². The van der Waals surface area contributed by atoms with Crippen molar-refractivity contribution in [3.63, 3.8) is 0 Å². The molecule has 0 atom stereocenters. The fourth-order valence-corrected chi connectivity index (χ4v) is 2.56. The molecule has 1 aromatic heterocycles. The van der Waals surface area contributed by atoms with E-state index in [9.17, 15) is 4.79 Å². The molecule has 0 saturated heterocycles. The molecule has 0 bridgehead atoms. The standard InChI is InChI=1S/C18H18N2O2/c1-11-7-8-16-15(9-11)12(2)17(20-16)18(21)19-13-5-4-6-14(10-13)22-3/h4-10,20H,1-3H3,(H,19,21). The van der Waals surface area contributed by atoms with Crippen LogP contribution in [0, 0.1) is 13.8 Å². The van der Waals surface area contributed by atoms with Gasteiger partial charge in [-0.05, 0) is 43.7 Å². The number of rotatable bonds is 3. The molecule has 2 aromatic carbocycles. The largest absolute Gasteiger partial charge is 0.497 e. The van der Waals surface area contributed by atoms with Crippen molar-refractivity contribution in [3.8, 4) is 5.75 Å². The number of hydrogen-bond acceptors (Lipinski definition) is 2. The van der Waals surface area contributed by atoms with E-state index in [-0.39, 0.29) is 5.91 Å². The molecule has 112 valence electrons. The Morgan fingerprint density at radius 3 is 2.73 bits per heavy atom. The maximum atomic E-state index is 12.5. The number of nitrogens with one attached hydrogen (secondary N) is 2. The normalized spacial score (nSPS) is 10.7. The van der Waals surface area contributed by atoms with Gasteiger partial charge in [0.1, 0.15) is 11.4 Å². The highest BCUT2D eigenvalue weighted by atomic mass is 16.5. The molecule has 0 fully saturated rings. The number of amides is 1. The number of hydrogen-bond donors (Lipinski definition) is 2. The molecule has 0 spiro atoms. The predicted molar refractivity (Wildman–Crippen MR) is 88.7 cm³/mol. The molecular formula is C18H18N2O2.